The van der Waals surface area contributed by atoms with Crippen molar-refractivity contribution in [3.05, 3.63) is 73.1 Å². The number of phosphoric ester groups is 1. The molecule has 0 saturated heterocycles. The molecule has 0 heterocycles. The summed E-state index contributed by atoms with van der Waals surface area (Å²) in [6, 6.07) is 0. The number of unbranched alkanes of at least 4 members (excludes halogenated alkanes) is 13. The zero-order chi connectivity index (χ0) is 38.9. The molecule has 0 rings (SSSR count). The maximum Gasteiger partial charge on any atom is 0.472 e. The van der Waals surface area contributed by atoms with E-state index in [9.17, 15) is 19.4 Å². The molecule has 0 radical (unpaired) electrons. The van der Waals surface area contributed by atoms with Gasteiger partial charge in [-0.05, 0) is 103 Å². The van der Waals surface area contributed by atoms with Crippen molar-refractivity contribution >= 4 is 13.8 Å². The number of esters is 1. The Morgan fingerprint density at radius 2 is 1.15 bits per heavy atom. The summed E-state index contributed by atoms with van der Waals surface area (Å²) in [6.45, 7) is 3.65. The number of rotatable bonds is 38. The molecule has 1 unspecified atom stereocenters. The quantitative estimate of drug-likeness (QED) is 0.0184. The van der Waals surface area contributed by atoms with Crippen LogP contribution in [0.4, 0.5) is 0 Å². The van der Waals surface area contributed by atoms with Crippen molar-refractivity contribution in [2.24, 2.45) is 5.73 Å². The first-order valence-electron chi connectivity index (χ1n) is 20.5. The van der Waals surface area contributed by atoms with Gasteiger partial charge in [0.15, 0.2) is 6.10 Å². The number of hydrogen-bond donors (Lipinski definition) is 3. The zero-order valence-electron chi connectivity index (χ0n) is 33.3. The molecule has 3 atom stereocenters. The SMILES string of the molecule is CCCCCC/C=C\CCCCCCCC/C=C/O[C@H](COC(=O)CCC/C=C\C/C=C\C/C=C\C/C=C\CCC[C@@H](C)O)COP(=O)(O)OCCN. The first-order valence-corrected chi connectivity index (χ1v) is 22.0. The van der Waals surface area contributed by atoms with Gasteiger partial charge in [-0.15, -0.1) is 0 Å². The van der Waals surface area contributed by atoms with Crippen LogP contribution in [0.2, 0.25) is 0 Å². The highest BCUT2D eigenvalue weighted by Crippen LogP contribution is 2.43. The van der Waals surface area contributed by atoms with E-state index in [-0.39, 0.29) is 44.9 Å². The molecule has 0 aliphatic rings. The number of hydrogen-bond acceptors (Lipinski definition) is 8. The summed E-state index contributed by atoms with van der Waals surface area (Å²) in [5, 5.41) is 9.26. The highest BCUT2D eigenvalue weighted by Gasteiger charge is 2.24. The lowest BCUT2D eigenvalue weighted by Crippen LogP contribution is -2.25. The van der Waals surface area contributed by atoms with E-state index in [0.717, 1.165) is 64.2 Å². The number of nitrogens with two attached hydrogens (primary N) is 1. The minimum absolute atomic E-state index is 0.0840. The van der Waals surface area contributed by atoms with Gasteiger partial charge in [0.1, 0.15) is 6.61 Å². The standard InChI is InChI=1S/C43H76NO8P/c1-3-4-5-6-7-8-9-10-11-15-18-21-24-27-30-33-37-49-42(40-52-53(47,48)51-38-36-44)39-50-43(46)35-32-29-26-23-20-17-14-12-13-16-19-22-25-28-31-34-41(2)45/h8-9,13-14,16-17,22-23,25-26,33,37,41-42,45H,3-7,10-12,15,18-21,24,27-32,34-36,38-40,44H2,1-2H3,(H,47,48)/b9-8-,16-13-,17-14-,25-22-,26-23-,37-33+/t41-,42-/m1/s1. The molecule has 306 valence electrons. The molecule has 53 heavy (non-hydrogen) atoms. The molecule has 0 aromatic rings. The maximum atomic E-state index is 12.4. The highest BCUT2D eigenvalue weighted by atomic mass is 31.2. The minimum Gasteiger partial charge on any atom is -0.492 e. The van der Waals surface area contributed by atoms with Crippen molar-refractivity contribution in [2.45, 2.75) is 167 Å². The van der Waals surface area contributed by atoms with Crippen LogP contribution in [-0.4, -0.2) is 54.5 Å². The molecule has 0 bridgehead atoms. The number of allylic oxidation sites excluding steroid dienone is 11. The van der Waals surface area contributed by atoms with Crippen molar-refractivity contribution in [1.29, 1.82) is 0 Å². The molecule has 0 aliphatic carbocycles. The Morgan fingerprint density at radius 3 is 1.72 bits per heavy atom. The fourth-order valence-corrected chi connectivity index (χ4v) is 5.87. The number of ether oxygens (including phenoxy) is 2. The van der Waals surface area contributed by atoms with Crippen LogP contribution in [0.25, 0.3) is 0 Å². The summed E-state index contributed by atoms with van der Waals surface area (Å²) in [7, 11) is -4.29. The predicted molar refractivity (Wildman–Crippen MR) is 220 cm³/mol. The molecule has 0 aromatic carbocycles. The molecular weight excluding hydrogens is 689 g/mol. The summed E-state index contributed by atoms with van der Waals surface area (Å²) < 4.78 is 33.1. The topological polar surface area (TPSA) is 138 Å². The molecule has 4 N–H and O–H groups in total. The molecule has 0 spiro atoms. The number of carbonyl (C=O) groups is 1. The lowest BCUT2D eigenvalue weighted by molar-refractivity contribution is -0.147. The maximum absolute atomic E-state index is 12.4. The summed E-state index contributed by atoms with van der Waals surface area (Å²) >= 11 is 0. The van der Waals surface area contributed by atoms with Gasteiger partial charge in [-0.3, -0.25) is 13.8 Å². The van der Waals surface area contributed by atoms with Gasteiger partial charge in [-0.2, -0.15) is 0 Å². The number of carbonyl (C=O) groups excluding carboxylic acids is 1. The van der Waals surface area contributed by atoms with Crippen LogP contribution in [0.15, 0.2) is 73.1 Å². The van der Waals surface area contributed by atoms with E-state index >= 15 is 0 Å². The monoisotopic (exact) mass is 766 g/mol. The third kappa shape index (κ3) is 40.8. The van der Waals surface area contributed by atoms with E-state index in [1.807, 2.05) is 13.0 Å². The van der Waals surface area contributed by atoms with E-state index in [0.29, 0.717) is 6.42 Å². The Kier molecular flexibility index (Phi) is 37.8. The van der Waals surface area contributed by atoms with Crippen LogP contribution in [0, 0.1) is 0 Å². The van der Waals surface area contributed by atoms with Gasteiger partial charge in [-0.1, -0.05) is 113 Å². The van der Waals surface area contributed by atoms with Gasteiger partial charge < -0.3 is 25.2 Å². The van der Waals surface area contributed by atoms with Crippen LogP contribution in [0.5, 0.6) is 0 Å². The molecule has 0 fully saturated rings. The summed E-state index contributed by atoms with van der Waals surface area (Å²) in [6.07, 6.45) is 47.2. The van der Waals surface area contributed by atoms with Crippen molar-refractivity contribution in [2.75, 3.05) is 26.4 Å². The molecule has 0 aromatic heterocycles. The van der Waals surface area contributed by atoms with E-state index < -0.39 is 13.9 Å². The lowest BCUT2D eigenvalue weighted by atomic mass is 10.1. The molecule has 0 amide bonds. The zero-order valence-corrected chi connectivity index (χ0v) is 34.2. The van der Waals surface area contributed by atoms with Gasteiger partial charge in [0.2, 0.25) is 0 Å². The molecule has 0 saturated carbocycles. The Bertz CT molecular complexity index is 1050. The van der Waals surface area contributed by atoms with Crippen LogP contribution in [0.3, 0.4) is 0 Å². The fraction of sp³-hybridized carbons (Fsp3) is 0.698. The predicted octanol–water partition coefficient (Wildman–Crippen LogP) is 11.3. The minimum atomic E-state index is -4.29. The van der Waals surface area contributed by atoms with Crippen molar-refractivity contribution in [3.8, 4) is 0 Å². The summed E-state index contributed by atoms with van der Waals surface area (Å²) in [5.41, 5.74) is 5.35. The second kappa shape index (κ2) is 39.4. The Hall–Kier alpha value is -2.26. The molecule has 0 aliphatic heterocycles. The fourth-order valence-electron chi connectivity index (χ4n) is 5.10. The lowest BCUT2D eigenvalue weighted by Gasteiger charge is -2.19. The second-order valence-corrected chi connectivity index (χ2v) is 14.9. The Balaban J connectivity index is 4.23. The van der Waals surface area contributed by atoms with Gasteiger partial charge >= 0.3 is 13.8 Å². The number of aliphatic hydroxyl groups is 1. The average Bonchev–Trinajstić information content (AvgIpc) is 3.13. The van der Waals surface area contributed by atoms with Crippen LogP contribution < -0.4 is 5.73 Å². The van der Waals surface area contributed by atoms with Gasteiger partial charge in [0, 0.05) is 13.0 Å². The average molecular weight is 766 g/mol. The first-order chi connectivity index (χ1) is 25.8. The van der Waals surface area contributed by atoms with Crippen molar-refractivity contribution < 1.29 is 37.9 Å². The van der Waals surface area contributed by atoms with Crippen LogP contribution in [-0.2, 0) is 27.9 Å². The van der Waals surface area contributed by atoms with Crippen molar-refractivity contribution in [1.82, 2.24) is 0 Å². The second-order valence-electron chi connectivity index (χ2n) is 13.5. The normalized spacial score (nSPS) is 14.8. The van der Waals surface area contributed by atoms with Gasteiger partial charge in [0.05, 0.1) is 25.6 Å². The molecular formula is C43H76NO8P. The molecule has 10 heteroatoms. The summed E-state index contributed by atoms with van der Waals surface area (Å²) in [5.74, 6) is -0.359. The van der Waals surface area contributed by atoms with Crippen LogP contribution in [0.1, 0.15) is 155 Å². The third-order valence-electron chi connectivity index (χ3n) is 8.20. The van der Waals surface area contributed by atoms with Crippen molar-refractivity contribution in [3.63, 3.8) is 0 Å². The van der Waals surface area contributed by atoms with E-state index in [1.54, 1.807) is 6.26 Å². The van der Waals surface area contributed by atoms with E-state index in [2.05, 4.69) is 67.7 Å². The number of aliphatic hydroxyl groups excluding tert-OH is 1. The largest absolute Gasteiger partial charge is 0.492 e. The highest BCUT2D eigenvalue weighted by molar-refractivity contribution is 7.47. The van der Waals surface area contributed by atoms with Gasteiger partial charge in [-0.25, -0.2) is 4.57 Å². The van der Waals surface area contributed by atoms with Gasteiger partial charge in [0.25, 0.3) is 0 Å². The smallest absolute Gasteiger partial charge is 0.472 e. The van der Waals surface area contributed by atoms with Crippen LogP contribution >= 0.6 is 7.82 Å². The Morgan fingerprint density at radius 1 is 0.660 bits per heavy atom. The first kappa shape index (κ1) is 50.7. The summed E-state index contributed by atoms with van der Waals surface area (Å²) in [4.78, 5) is 22.2. The Labute approximate surface area is 323 Å². The third-order valence-corrected chi connectivity index (χ3v) is 9.19. The molecule has 9 nitrogen and oxygen atoms in total. The number of phosphoric acid groups is 1. The van der Waals surface area contributed by atoms with E-state index in [4.69, 9.17) is 24.3 Å². The van der Waals surface area contributed by atoms with E-state index in [1.165, 1.54) is 64.2 Å².